The number of nitrogens with zero attached hydrogens (tertiary/aromatic N) is 3. The van der Waals surface area contributed by atoms with Gasteiger partial charge in [0, 0.05) is 19.2 Å². The van der Waals surface area contributed by atoms with Gasteiger partial charge in [0.1, 0.15) is 11.4 Å². The Morgan fingerprint density at radius 2 is 1.92 bits per heavy atom. The lowest BCUT2D eigenvalue weighted by Gasteiger charge is -2.09. The normalized spacial score (nSPS) is 10.7. The number of benzene rings is 2. The van der Waals surface area contributed by atoms with Crippen LogP contribution in [0.4, 0.5) is 5.69 Å². The van der Waals surface area contributed by atoms with E-state index < -0.39 is 10.8 Å². The quantitative estimate of drug-likeness (QED) is 0.577. The average Bonchev–Trinajstić information content (AvgIpc) is 2.90. The third-order valence-corrected chi connectivity index (χ3v) is 3.81. The Morgan fingerprint density at radius 1 is 1.21 bits per heavy atom. The third kappa shape index (κ3) is 2.96. The highest BCUT2D eigenvalue weighted by molar-refractivity contribution is 5.98. The van der Waals surface area contributed by atoms with E-state index in [2.05, 4.69) is 10.3 Å². The predicted octanol–water partition coefficient (Wildman–Crippen LogP) is 2.68. The molecule has 122 valence electrons. The highest BCUT2D eigenvalue weighted by Crippen LogP contribution is 2.17. The van der Waals surface area contributed by atoms with Gasteiger partial charge in [-0.15, -0.1) is 0 Å². The molecule has 24 heavy (non-hydrogen) atoms. The molecule has 1 amide bonds. The first kappa shape index (κ1) is 15.7. The van der Waals surface area contributed by atoms with Gasteiger partial charge in [0.05, 0.1) is 16.0 Å². The van der Waals surface area contributed by atoms with Crippen molar-refractivity contribution in [3.8, 4) is 0 Å². The number of nitro groups is 1. The molecule has 0 fully saturated rings. The highest BCUT2D eigenvalue weighted by atomic mass is 16.6. The molecule has 0 bridgehead atoms. The number of carbonyl (C=O) groups excluding carboxylic acids is 1. The lowest BCUT2D eigenvalue weighted by Crippen LogP contribution is -2.28. The zero-order valence-corrected chi connectivity index (χ0v) is 13.1. The van der Waals surface area contributed by atoms with Crippen molar-refractivity contribution < 1.29 is 9.72 Å². The molecule has 0 unspecified atom stereocenters. The Bertz CT molecular complexity index is 917. The summed E-state index contributed by atoms with van der Waals surface area (Å²) in [5.74, 6) is 0.403. The van der Waals surface area contributed by atoms with Gasteiger partial charge >= 0.3 is 0 Å². The number of hydrogen-bond donors (Lipinski definition) is 1. The van der Waals surface area contributed by atoms with Gasteiger partial charge in [0.2, 0.25) is 0 Å². The molecule has 3 aromatic rings. The van der Waals surface area contributed by atoms with Crippen LogP contribution in [0, 0.1) is 17.0 Å². The van der Waals surface area contributed by atoms with Gasteiger partial charge in [-0.25, -0.2) is 4.98 Å². The first-order chi connectivity index (χ1) is 11.6. The molecule has 0 radical (unpaired) electrons. The van der Waals surface area contributed by atoms with Crippen molar-refractivity contribution >= 4 is 22.6 Å². The largest absolute Gasteiger partial charge is 0.350 e. The van der Waals surface area contributed by atoms with E-state index in [9.17, 15) is 14.9 Å². The molecule has 1 aromatic heterocycles. The number of fused-ring (bicyclic) bond motifs is 1. The van der Waals surface area contributed by atoms with E-state index in [1.54, 1.807) is 6.07 Å². The minimum Gasteiger partial charge on any atom is -0.350 e. The second-order valence-electron chi connectivity index (χ2n) is 5.33. The smallest absolute Gasteiger partial charge is 0.282 e. The molecule has 2 aromatic carbocycles. The van der Waals surface area contributed by atoms with E-state index in [1.165, 1.54) is 18.2 Å². The molecule has 1 heterocycles. The molecule has 0 aliphatic rings. The van der Waals surface area contributed by atoms with Crippen molar-refractivity contribution in [2.45, 2.75) is 13.5 Å². The van der Waals surface area contributed by atoms with Crippen molar-refractivity contribution in [1.82, 2.24) is 14.9 Å². The first-order valence-electron chi connectivity index (χ1n) is 7.51. The van der Waals surface area contributed by atoms with E-state index >= 15 is 0 Å². The van der Waals surface area contributed by atoms with Crippen molar-refractivity contribution in [2.75, 3.05) is 6.54 Å². The second-order valence-corrected chi connectivity index (χ2v) is 5.33. The van der Waals surface area contributed by atoms with Crippen LogP contribution < -0.4 is 5.32 Å². The van der Waals surface area contributed by atoms with Crippen molar-refractivity contribution in [1.29, 1.82) is 0 Å². The Labute approximate surface area is 138 Å². The van der Waals surface area contributed by atoms with Crippen LogP contribution >= 0.6 is 0 Å². The van der Waals surface area contributed by atoms with Crippen LogP contribution in [-0.4, -0.2) is 26.9 Å². The average molecular weight is 324 g/mol. The standard InChI is InChI=1S/C17H16N4O3/c1-12-19-14-7-3-5-9-16(14)20(12)11-10-18-17(22)13-6-2-4-8-15(13)21(23)24/h2-9H,10-11H2,1H3,(H,18,22). The molecule has 1 N–H and O–H groups in total. The summed E-state index contributed by atoms with van der Waals surface area (Å²) in [6.07, 6.45) is 0. The van der Waals surface area contributed by atoms with Crippen LogP contribution in [0.15, 0.2) is 48.5 Å². The summed E-state index contributed by atoms with van der Waals surface area (Å²) >= 11 is 0. The number of nitro benzene ring substituents is 1. The monoisotopic (exact) mass is 324 g/mol. The minimum absolute atomic E-state index is 0.0645. The summed E-state index contributed by atoms with van der Waals surface area (Å²) in [4.78, 5) is 27.1. The molecule has 0 saturated carbocycles. The van der Waals surface area contributed by atoms with Gasteiger partial charge in [-0.05, 0) is 25.1 Å². The number of carbonyl (C=O) groups is 1. The molecule has 7 heteroatoms. The first-order valence-corrected chi connectivity index (χ1v) is 7.51. The van der Waals surface area contributed by atoms with Crippen LogP contribution in [0.25, 0.3) is 11.0 Å². The number of para-hydroxylation sites is 3. The summed E-state index contributed by atoms with van der Waals surface area (Å²) < 4.78 is 2.01. The van der Waals surface area contributed by atoms with E-state index in [4.69, 9.17) is 0 Å². The second kappa shape index (κ2) is 6.49. The molecule has 0 aliphatic heterocycles. The summed E-state index contributed by atoms with van der Waals surface area (Å²) in [5, 5.41) is 13.7. The number of imidazole rings is 1. The molecule has 3 rings (SSSR count). The van der Waals surface area contributed by atoms with E-state index in [0.717, 1.165) is 16.9 Å². The summed E-state index contributed by atoms with van der Waals surface area (Å²) in [5.41, 5.74) is 1.77. The number of aromatic nitrogens is 2. The number of amides is 1. The number of aryl methyl sites for hydroxylation is 1. The maximum absolute atomic E-state index is 12.2. The predicted molar refractivity (Wildman–Crippen MR) is 89.9 cm³/mol. The molecule has 0 saturated heterocycles. The lowest BCUT2D eigenvalue weighted by molar-refractivity contribution is -0.385. The maximum atomic E-state index is 12.2. The molecule has 0 aliphatic carbocycles. The van der Waals surface area contributed by atoms with Crippen LogP contribution in [0.5, 0.6) is 0 Å². The van der Waals surface area contributed by atoms with Gasteiger partial charge in [-0.2, -0.15) is 0 Å². The van der Waals surface area contributed by atoms with Gasteiger partial charge in [-0.3, -0.25) is 14.9 Å². The lowest BCUT2D eigenvalue weighted by atomic mass is 10.1. The molecular weight excluding hydrogens is 308 g/mol. The Morgan fingerprint density at radius 3 is 2.71 bits per heavy atom. The zero-order valence-electron chi connectivity index (χ0n) is 13.1. The topological polar surface area (TPSA) is 90.1 Å². The van der Waals surface area contributed by atoms with E-state index in [0.29, 0.717) is 13.1 Å². The van der Waals surface area contributed by atoms with Gasteiger partial charge < -0.3 is 9.88 Å². The van der Waals surface area contributed by atoms with Gasteiger partial charge in [0.15, 0.2) is 0 Å². The van der Waals surface area contributed by atoms with Crippen LogP contribution in [0.2, 0.25) is 0 Å². The Balaban J connectivity index is 1.71. The number of hydrogen-bond acceptors (Lipinski definition) is 4. The maximum Gasteiger partial charge on any atom is 0.282 e. The molecule has 0 spiro atoms. The minimum atomic E-state index is -0.553. The van der Waals surface area contributed by atoms with Crippen molar-refractivity contribution in [3.05, 3.63) is 70.0 Å². The molecule has 0 atom stereocenters. The Kier molecular flexibility index (Phi) is 4.24. The molecule has 7 nitrogen and oxygen atoms in total. The summed E-state index contributed by atoms with van der Waals surface area (Å²) in [7, 11) is 0. The third-order valence-electron chi connectivity index (χ3n) is 3.81. The van der Waals surface area contributed by atoms with Crippen LogP contribution in [-0.2, 0) is 6.54 Å². The van der Waals surface area contributed by atoms with Crippen molar-refractivity contribution in [3.63, 3.8) is 0 Å². The SMILES string of the molecule is Cc1nc2ccccc2n1CCNC(=O)c1ccccc1[N+](=O)[O-]. The Hall–Kier alpha value is -3.22. The van der Waals surface area contributed by atoms with Gasteiger partial charge in [-0.1, -0.05) is 24.3 Å². The van der Waals surface area contributed by atoms with Crippen LogP contribution in [0.3, 0.4) is 0 Å². The summed E-state index contributed by atoms with van der Waals surface area (Å²) in [6.45, 7) is 2.80. The summed E-state index contributed by atoms with van der Waals surface area (Å²) in [6, 6.07) is 13.7. The fourth-order valence-corrected chi connectivity index (χ4v) is 2.68. The zero-order chi connectivity index (χ0) is 17.1. The van der Waals surface area contributed by atoms with E-state index in [-0.39, 0.29) is 11.3 Å². The fourth-order valence-electron chi connectivity index (χ4n) is 2.68. The highest BCUT2D eigenvalue weighted by Gasteiger charge is 2.18. The van der Waals surface area contributed by atoms with Crippen LogP contribution in [0.1, 0.15) is 16.2 Å². The van der Waals surface area contributed by atoms with Crippen molar-refractivity contribution in [2.24, 2.45) is 0 Å². The van der Waals surface area contributed by atoms with E-state index in [1.807, 2.05) is 35.8 Å². The van der Waals surface area contributed by atoms with Gasteiger partial charge in [0.25, 0.3) is 11.6 Å². The molecular formula is C17H16N4O3. The number of rotatable bonds is 5. The fraction of sp³-hybridized carbons (Fsp3) is 0.176. The number of nitrogens with one attached hydrogen (secondary N) is 1.